The minimum absolute atomic E-state index is 0.677. The highest BCUT2D eigenvalue weighted by Crippen LogP contribution is 2.36. The number of aromatic nitrogens is 3. The van der Waals surface area contributed by atoms with E-state index in [1.54, 1.807) is 0 Å². The predicted molar refractivity (Wildman–Crippen MR) is 85.8 cm³/mol. The van der Waals surface area contributed by atoms with E-state index in [0.29, 0.717) is 17.8 Å². The van der Waals surface area contributed by atoms with Crippen LogP contribution in [0.2, 0.25) is 0 Å². The van der Waals surface area contributed by atoms with Gasteiger partial charge in [0.2, 0.25) is 17.8 Å². The normalized spacial score (nSPS) is 19.6. The Morgan fingerprint density at radius 2 is 1.76 bits per heavy atom. The summed E-state index contributed by atoms with van der Waals surface area (Å²) in [6.07, 6.45) is 5.21. The maximum absolute atomic E-state index is 4.60. The summed E-state index contributed by atoms with van der Waals surface area (Å²) in [5.74, 6) is 3.77. The lowest BCUT2D eigenvalue weighted by molar-refractivity contribution is 0.535. The fraction of sp³-hybridized carbons (Fsp3) is 0.800. The van der Waals surface area contributed by atoms with E-state index in [2.05, 4.69) is 44.3 Å². The van der Waals surface area contributed by atoms with Gasteiger partial charge in [0, 0.05) is 26.2 Å². The van der Waals surface area contributed by atoms with Gasteiger partial charge in [-0.3, -0.25) is 0 Å². The zero-order chi connectivity index (χ0) is 14.7. The largest absolute Gasteiger partial charge is 0.354 e. The maximum atomic E-state index is 4.60. The molecule has 21 heavy (non-hydrogen) atoms. The van der Waals surface area contributed by atoms with E-state index in [4.69, 9.17) is 0 Å². The molecule has 2 heterocycles. The highest BCUT2D eigenvalue weighted by molar-refractivity contribution is 5.44. The van der Waals surface area contributed by atoms with Gasteiger partial charge in [-0.15, -0.1) is 0 Å². The SMILES string of the molecule is CCNc1nc(NCC(C)C2CC2)nc(N2CCCC2)n1. The molecule has 1 saturated heterocycles. The molecule has 0 amide bonds. The summed E-state index contributed by atoms with van der Waals surface area (Å²) in [5.41, 5.74) is 0. The quantitative estimate of drug-likeness (QED) is 0.803. The van der Waals surface area contributed by atoms with Crippen LogP contribution in [0, 0.1) is 11.8 Å². The van der Waals surface area contributed by atoms with Crippen LogP contribution in [-0.4, -0.2) is 41.1 Å². The second-order valence-electron chi connectivity index (χ2n) is 6.20. The number of hydrogen-bond donors (Lipinski definition) is 2. The molecule has 1 atom stereocenters. The molecule has 2 N–H and O–H groups in total. The van der Waals surface area contributed by atoms with Gasteiger partial charge in [-0.2, -0.15) is 15.0 Å². The van der Waals surface area contributed by atoms with E-state index in [1.165, 1.54) is 25.7 Å². The van der Waals surface area contributed by atoms with Gasteiger partial charge >= 0.3 is 0 Å². The van der Waals surface area contributed by atoms with Gasteiger partial charge < -0.3 is 15.5 Å². The fourth-order valence-corrected chi connectivity index (χ4v) is 2.82. The summed E-state index contributed by atoms with van der Waals surface area (Å²) in [4.78, 5) is 15.9. The lowest BCUT2D eigenvalue weighted by Crippen LogP contribution is -2.23. The summed E-state index contributed by atoms with van der Waals surface area (Å²) in [5, 5.41) is 6.61. The topological polar surface area (TPSA) is 66.0 Å². The van der Waals surface area contributed by atoms with Crippen molar-refractivity contribution in [1.29, 1.82) is 0 Å². The Morgan fingerprint density at radius 1 is 1.10 bits per heavy atom. The van der Waals surface area contributed by atoms with Crippen molar-refractivity contribution >= 4 is 17.8 Å². The van der Waals surface area contributed by atoms with Crippen LogP contribution >= 0.6 is 0 Å². The molecule has 6 heteroatoms. The molecular formula is C15H26N6. The molecule has 0 bridgehead atoms. The molecule has 1 aliphatic carbocycles. The van der Waals surface area contributed by atoms with Crippen molar-refractivity contribution in [2.75, 3.05) is 41.7 Å². The second-order valence-corrected chi connectivity index (χ2v) is 6.20. The van der Waals surface area contributed by atoms with E-state index < -0.39 is 0 Å². The van der Waals surface area contributed by atoms with Crippen molar-refractivity contribution < 1.29 is 0 Å². The highest BCUT2D eigenvalue weighted by atomic mass is 15.3. The summed E-state index contributed by atoms with van der Waals surface area (Å²) in [7, 11) is 0. The smallest absolute Gasteiger partial charge is 0.231 e. The Morgan fingerprint density at radius 3 is 2.38 bits per heavy atom. The first-order chi connectivity index (χ1) is 10.3. The van der Waals surface area contributed by atoms with Crippen LogP contribution < -0.4 is 15.5 Å². The van der Waals surface area contributed by atoms with E-state index in [9.17, 15) is 0 Å². The Kier molecular flexibility index (Phi) is 4.41. The first-order valence-corrected chi connectivity index (χ1v) is 8.25. The average Bonchev–Trinajstić information content (AvgIpc) is 3.19. The van der Waals surface area contributed by atoms with Crippen LogP contribution in [-0.2, 0) is 0 Å². The van der Waals surface area contributed by atoms with E-state index in [1.807, 2.05) is 0 Å². The minimum atomic E-state index is 0.677. The second kappa shape index (κ2) is 6.45. The lowest BCUT2D eigenvalue weighted by atomic mass is 10.1. The van der Waals surface area contributed by atoms with Gasteiger partial charge in [0.25, 0.3) is 0 Å². The van der Waals surface area contributed by atoms with E-state index >= 15 is 0 Å². The molecule has 1 aromatic heterocycles. The van der Waals surface area contributed by atoms with Gasteiger partial charge in [-0.25, -0.2) is 0 Å². The van der Waals surface area contributed by atoms with Gasteiger partial charge in [0.15, 0.2) is 0 Å². The van der Waals surface area contributed by atoms with Crippen molar-refractivity contribution in [3.63, 3.8) is 0 Å². The molecule has 3 rings (SSSR count). The highest BCUT2D eigenvalue weighted by Gasteiger charge is 2.27. The van der Waals surface area contributed by atoms with Crippen molar-refractivity contribution in [3.05, 3.63) is 0 Å². The zero-order valence-electron chi connectivity index (χ0n) is 13.1. The summed E-state index contributed by atoms with van der Waals surface area (Å²) >= 11 is 0. The van der Waals surface area contributed by atoms with Gasteiger partial charge in [0.1, 0.15) is 0 Å². The molecule has 2 fully saturated rings. The van der Waals surface area contributed by atoms with Crippen molar-refractivity contribution in [3.8, 4) is 0 Å². The molecule has 1 aliphatic heterocycles. The minimum Gasteiger partial charge on any atom is -0.354 e. The molecule has 1 unspecified atom stereocenters. The third-order valence-corrected chi connectivity index (χ3v) is 4.36. The van der Waals surface area contributed by atoms with Crippen LogP contribution in [0.3, 0.4) is 0 Å². The lowest BCUT2D eigenvalue weighted by Gasteiger charge is -2.18. The molecule has 0 spiro atoms. The Labute approximate surface area is 126 Å². The summed E-state index contributed by atoms with van der Waals surface area (Å²) in [6, 6.07) is 0. The zero-order valence-corrected chi connectivity index (χ0v) is 13.1. The first kappa shape index (κ1) is 14.4. The van der Waals surface area contributed by atoms with Crippen molar-refractivity contribution in [2.24, 2.45) is 11.8 Å². The van der Waals surface area contributed by atoms with Crippen LogP contribution in [0.15, 0.2) is 0 Å². The molecule has 0 aromatic carbocycles. The molecule has 0 radical (unpaired) electrons. The first-order valence-electron chi connectivity index (χ1n) is 8.25. The Hall–Kier alpha value is -1.59. The monoisotopic (exact) mass is 290 g/mol. The maximum Gasteiger partial charge on any atom is 0.231 e. The standard InChI is InChI=1S/C15H26N6/c1-3-16-13-18-14(17-10-11(2)12-6-7-12)20-15(19-13)21-8-4-5-9-21/h11-12H,3-10H2,1-2H3,(H2,16,17,18,19,20). The van der Waals surface area contributed by atoms with Gasteiger partial charge in [-0.05, 0) is 44.4 Å². The molecule has 1 aromatic rings. The van der Waals surface area contributed by atoms with Crippen molar-refractivity contribution in [2.45, 2.75) is 39.5 Å². The number of nitrogens with zero attached hydrogens (tertiary/aromatic N) is 4. The number of rotatable bonds is 7. The molecule has 1 saturated carbocycles. The van der Waals surface area contributed by atoms with E-state index in [-0.39, 0.29) is 0 Å². The Bertz CT molecular complexity index is 467. The predicted octanol–water partition coefficient (Wildman–Crippen LogP) is 2.36. The molecule has 116 valence electrons. The summed E-state index contributed by atoms with van der Waals surface area (Å²) < 4.78 is 0. The molecular weight excluding hydrogens is 264 g/mol. The molecule has 6 nitrogen and oxygen atoms in total. The number of anilines is 3. The van der Waals surface area contributed by atoms with Crippen LogP contribution in [0.1, 0.15) is 39.5 Å². The average molecular weight is 290 g/mol. The van der Waals surface area contributed by atoms with Gasteiger partial charge in [0.05, 0.1) is 0 Å². The Balaban J connectivity index is 1.70. The third-order valence-electron chi connectivity index (χ3n) is 4.36. The van der Waals surface area contributed by atoms with E-state index in [0.717, 1.165) is 38.0 Å². The van der Waals surface area contributed by atoms with Crippen LogP contribution in [0.5, 0.6) is 0 Å². The molecule has 2 aliphatic rings. The summed E-state index contributed by atoms with van der Waals surface area (Å²) in [6.45, 7) is 8.22. The number of hydrogen-bond acceptors (Lipinski definition) is 6. The third kappa shape index (κ3) is 3.74. The van der Waals surface area contributed by atoms with Crippen molar-refractivity contribution in [1.82, 2.24) is 15.0 Å². The van der Waals surface area contributed by atoms with Gasteiger partial charge in [-0.1, -0.05) is 6.92 Å². The van der Waals surface area contributed by atoms with Crippen LogP contribution in [0.4, 0.5) is 17.8 Å². The number of nitrogens with one attached hydrogen (secondary N) is 2. The fourth-order valence-electron chi connectivity index (χ4n) is 2.82. The van der Waals surface area contributed by atoms with Crippen LogP contribution in [0.25, 0.3) is 0 Å².